The standard InChI is InChI=1S/C16H12BrN3O/c17-14-6-2-1-5-13(14)15-9-8-12(21-15)11-19-20-16-7-3-4-10-18-16/h1-11H,(H,18,20)/b19-11-. The van der Waals surface area contributed by atoms with E-state index in [1.165, 1.54) is 0 Å². The number of nitrogens with zero attached hydrogens (tertiary/aromatic N) is 2. The summed E-state index contributed by atoms with van der Waals surface area (Å²) in [5.74, 6) is 2.15. The predicted molar refractivity (Wildman–Crippen MR) is 87.3 cm³/mol. The van der Waals surface area contributed by atoms with Crippen molar-refractivity contribution in [3.63, 3.8) is 0 Å². The van der Waals surface area contributed by atoms with Crippen molar-refractivity contribution >= 4 is 28.0 Å². The molecule has 2 heterocycles. The molecule has 2 aromatic heterocycles. The first-order valence-corrected chi connectivity index (χ1v) is 7.17. The van der Waals surface area contributed by atoms with Crippen molar-refractivity contribution in [1.82, 2.24) is 4.98 Å². The van der Waals surface area contributed by atoms with E-state index in [0.29, 0.717) is 11.6 Å². The maximum Gasteiger partial charge on any atom is 0.147 e. The molecule has 104 valence electrons. The van der Waals surface area contributed by atoms with E-state index in [4.69, 9.17) is 4.42 Å². The van der Waals surface area contributed by atoms with Gasteiger partial charge in [-0.15, -0.1) is 0 Å². The Kier molecular flexibility index (Phi) is 4.12. The average molecular weight is 342 g/mol. The van der Waals surface area contributed by atoms with E-state index in [2.05, 4.69) is 31.4 Å². The van der Waals surface area contributed by atoms with Crippen LogP contribution < -0.4 is 5.43 Å². The van der Waals surface area contributed by atoms with Crippen LogP contribution in [0, 0.1) is 0 Å². The second kappa shape index (κ2) is 6.37. The summed E-state index contributed by atoms with van der Waals surface area (Å²) in [4.78, 5) is 4.11. The SMILES string of the molecule is Brc1ccccc1-c1ccc(/C=N\Nc2ccccn2)o1. The van der Waals surface area contributed by atoms with Gasteiger partial charge in [-0.1, -0.05) is 40.2 Å². The normalized spacial score (nSPS) is 10.9. The van der Waals surface area contributed by atoms with Gasteiger partial charge >= 0.3 is 0 Å². The molecule has 0 saturated carbocycles. The molecule has 3 rings (SSSR count). The Bertz CT molecular complexity index is 753. The van der Waals surface area contributed by atoms with Crippen molar-refractivity contribution in [3.05, 3.63) is 71.0 Å². The number of aromatic nitrogens is 1. The van der Waals surface area contributed by atoms with Gasteiger partial charge in [0.2, 0.25) is 0 Å². The molecule has 0 fully saturated rings. The van der Waals surface area contributed by atoms with Crippen molar-refractivity contribution in [1.29, 1.82) is 0 Å². The van der Waals surface area contributed by atoms with Crippen molar-refractivity contribution in [2.24, 2.45) is 5.10 Å². The number of hydrogen-bond acceptors (Lipinski definition) is 4. The maximum absolute atomic E-state index is 5.75. The summed E-state index contributed by atoms with van der Waals surface area (Å²) in [6.45, 7) is 0. The third-order valence-corrected chi connectivity index (χ3v) is 3.49. The summed E-state index contributed by atoms with van der Waals surface area (Å²) in [7, 11) is 0. The number of halogens is 1. The van der Waals surface area contributed by atoms with Gasteiger partial charge in [-0.05, 0) is 30.3 Å². The maximum atomic E-state index is 5.75. The molecule has 0 saturated heterocycles. The van der Waals surface area contributed by atoms with Crippen molar-refractivity contribution in [2.45, 2.75) is 0 Å². The fraction of sp³-hybridized carbons (Fsp3) is 0. The van der Waals surface area contributed by atoms with Gasteiger partial charge < -0.3 is 4.42 Å². The number of benzene rings is 1. The van der Waals surface area contributed by atoms with Crippen LogP contribution >= 0.6 is 15.9 Å². The van der Waals surface area contributed by atoms with Crippen LogP contribution in [0.1, 0.15) is 5.76 Å². The Morgan fingerprint density at radius 1 is 1.05 bits per heavy atom. The van der Waals surface area contributed by atoms with Gasteiger partial charge in [0, 0.05) is 16.2 Å². The molecule has 3 aromatic rings. The van der Waals surface area contributed by atoms with Gasteiger partial charge in [0.1, 0.15) is 17.3 Å². The molecule has 1 N–H and O–H groups in total. The first-order valence-electron chi connectivity index (χ1n) is 6.38. The molecule has 0 aliphatic carbocycles. The zero-order chi connectivity index (χ0) is 14.5. The highest BCUT2D eigenvalue weighted by Crippen LogP contribution is 2.28. The first kappa shape index (κ1) is 13.6. The van der Waals surface area contributed by atoms with Gasteiger partial charge in [0.15, 0.2) is 0 Å². The fourth-order valence-electron chi connectivity index (χ4n) is 1.82. The van der Waals surface area contributed by atoms with E-state index in [-0.39, 0.29) is 0 Å². The lowest BCUT2D eigenvalue weighted by molar-refractivity contribution is 0.575. The monoisotopic (exact) mass is 341 g/mol. The molecule has 1 aromatic carbocycles. The predicted octanol–water partition coefficient (Wildman–Crippen LogP) is 4.55. The van der Waals surface area contributed by atoms with Crippen LogP contribution in [0.15, 0.2) is 74.8 Å². The largest absolute Gasteiger partial charge is 0.455 e. The number of hydrazone groups is 1. The smallest absolute Gasteiger partial charge is 0.147 e. The molecule has 5 heteroatoms. The summed E-state index contributed by atoms with van der Waals surface area (Å²) >= 11 is 3.51. The lowest BCUT2D eigenvalue weighted by atomic mass is 10.2. The Morgan fingerprint density at radius 3 is 2.71 bits per heavy atom. The third kappa shape index (κ3) is 3.38. The molecule has 4 nitrogen and oxygen atoms in total. The van der Waals surface area contributed by atoms with E-state index in [9.17, 15) is 0 Å². The van der Waals surface area contributed by atoms with Crippen LogP contribution in [0.25, 0.3) is 11.3 Å². The van der Waals surface area contributed by atoms with Crippen LogP contribution in [0.3, 0.4) is 0 Å². The molecular weight excluding hydrogens is 330 g/mol. The molecule has 0 unspecified atom stereocenters. The second-order valence-electron chi connectivity index (χ2n) is 4.27. The molecule has 0 aliphatic heterocycles. The zero-order valence-electron chi connectivity index (χ0n) is 11.0. The summed E-state index contributed by atoms with van der Waals surface area (Å²) in [5, 5.41) is 4.10. The number of nitrogens with one attached hydrogen (secondary N) is 1. The number of hydrogen-bond donors (Lipinski definition) is 1. The van der Waals surface area contributed by atoms with Crippen LogP contribution in [0.4, 0.5) is 5.82 Å². The minimum absolute atomic E-state index is 0.671. The lowest BCUT2D eigenvalue weighted by Gasteiger charge is -1.99. The van der Waals surface area contributed by atoms with Gasteiger partial charge in [0.25, 0.3) is 0 Å². The molecule has 0 spiro atoms. The molecule has 0 atom stereocenters. The van der Waals surface area contributed by atoms with E-state index < -0.39 is 0 Å². The van der Waals surface area contributed by atoms with E-state index >= 15 is 0 Å². The van der Waals surface area contributed by atoms with Crippen LogP contribution in [0.2, 0.25) is 0 Å². The quantitative estimate of drug-likeness (QED) is 0.559. The zero-order valence-corrected chi connectivity index (χ0v) is 12.6. The van der Waals surface area contributed by atoms with Gasteiger partial charge in [-0.2, -0.15) is 5.10 Å². The minimum atomic E-state index is 0.671. The second-order valence-corrected chi connectivity index (χ2v) is 5.12. The summed E-state index contributed by atoms with van der Waals surface area (Å²) in [6.07, 6.45) is 3.32. The lowest BCUT2D eigenvalue weighted by Crippen LogP contribution is -1.91. The highest BCUT2D eigenvalue weighted by molar-refractivity contribution is 9.10. The van der Waals surface area contributed by atoms with E-state index in [1.807, 2.05) is 54.6 Å². The molecule has 0 radical (unpaired) electrons. The number of anilines is 1. The van der Waals surface area contributed by atoms with Crippen molar-refractivity contribution in [3.8, 4) is 11.3 Å². The fourth-order valence-corrected chi connectivity index (χ4v) is 2.30. The molecule has 21 heavy (non-hydrogen) atoms. The van der Waals surface area contributed by atoms with E-state index in [1.54, 1.807) is 12.4 Å². The highest BCUT2D eigenvalue weighted by Gasteiger charge is 2.06. The average Bonchev–Trinajstić information content (AvgIpc) is 2.97. The summed E-state index contributed by atoms with van der Waals surface area (Å²) < 4.78 is 6.74. The van der Waals surface area contributed by atoms with Gasteiger partial charge in [0.05, 0.1) is 6.21 Å². The molecule has 0 bridgehead atoms. The molecule has 0 amide bonds. The Balaban J connectivity index is 1.72. The summed E-state index contributed by atoms with van der Waals surface area (Å²) in [6, 6.07) is 17.3. The highest BCUT2D eigenvalue weighted by atomic mass is 79.9. The Morgan fingerprint density at radius 2 is 1.90 bits per heavy atom. The van der Waals surface area contributed by atoms with Gasteiger partial charge in [-0.25, -0.2) is 4.98 Å². The minimum Gasteiger partial charge on any atom is -0.455 e. The molecular formula is C16H12BrN3O. The number of furan rings is 1. The van der Waals surface area contributed by atoms with Crippen LogP contribution in [0.5, 0.6) is 0 Å². The first-order chi connectivity index (χ1) is 10.3. The van der Waals surface area contributed by atoms with Crippen LogP contribution in [-0.2, 0) is 0 Å². The van der Waals surface area contributed by atoms with E-state index in [0.717, 1.165) is 15.8 Å². The van der Waals surface area contributed by atoms with Crippen molar-refractivity contribution < 1.29 is 4.42 Å². The van der Waals surface area contributed by atoms with Gasteiger partial charge in [-0.3, -0.25) is 5.43 Å². The molecule has 0 aliphatic rings. The Hall–Kier alpha value is -2.40. The van der Waals surface area contributed by atoms with Crippen LogP contribution in [-0.4, -0.2) is 11.2 Å². The topological polar surface area (TPSA) is 50.4 Å². The Labute approximate surface area is 130 Å². The third-order valence-electron chi connectivity index (χ3n) is 2.80. The number of pyridine rings is 1. The number of rotatable bonds is 4. The summed E-state index contributed by atoms with van der Waals surface area (Å²) in [5.41, 5.74) is 3.85. The van der Waals surface area contributed by atoms with Crippen molar-refractivity contribution in [2.75, 3.05) is 5.43 Å².